The van der Waals surface area contributed by atoms with Crippen molar-refractivity contribution < 1.29 is 4.74 Å². The Morgan fingerprint density at radius 2 is 2.15 bits per heavy atom. The zero-order chi connectivity index (χ0) is 18.2. The van der Waals surface area contributed by atoms with Crippen LogP contribution in [0.2, 0.25) is 0 Å². The highest BCUT2D eigenvalue weighted by atomic mass is 32.1. The zero-order valence-corrected chi connectivity index (χ0v) is 15.4. The summed E-state index contributed by atoms with van der Waals surface area (Å²) in [5.41, 5.74) is 5.66. The molecular weight excluding hydrogens is 360 g/mol. The minimum atomic E-state index is 0.510. The molecule has 27 heavy (non-hydrogen) atoms. The Labute approximate surface area is 158 Å². The van der Waals surface area contributed by atoms with Gasteiger partial charge in [0.05, 0.1) is 24.6 Å². The van der Waals surface area contributed by atoms with Gasteiger partial charge in [0.15, 0.2) is 16.2 Å². The highest BCUT2D eigenvalue weighted by Gasteiger charge is 2.15. The van der Waals surface area contributed by atoms with Gasteiger partial charge in [-0.1, -0.05) is 18.2 Å². The third-order valence-electron chi connectivity index (χ3n) is 4.50. The number of aromatic nitrogens is 6. The Kier molecular flexibility index (Phi) is 3.83. The second-order valence-corrected chi connectivity index (χ2v) is 7.04. The monoisotopic (exact) mass is 376 g/mol. The molecule has 0 aliphatic rings. The number of rotatable bonds is 5. The molecule has 0 spiro atoms. The summed E-state index contributed by atoms with van der Waals surface area (Å²) in [6.07, 6.45) is 6.29. The van der Waals surface area contributed by atoms with E-state index in [4.69, 9.17) is 4.74 Å². The van der Waals surface area contributed by atoms with Gasteiger partial charge in [-0.3, -0.25) is 0 Å². The fourth-order valence-corrected chi connectivity index (χ4v) is 3.77. The van der Waals surface area contributed by atoms with E-state index >= 15 is 0 Å². The molecular formula is C19H16N6OS. The van der Waals surface area contributed by atoms with Crippen LogP contribution in [-0.4, -0.2) is 36.1 Å². The van der Waals surface area contributed by atoms with Crippen molar-refractivity contribution in [3.8, 4) is 17.4 Å². The molecule has 0 aliphatic heterocycles. The number of aryl methyl sites for hydroxylation is 1. The van der Waals surface area contributed by atoms with E-state index in [2.05, 4.69) is 37.1 Å². The lowest BCUT2D eigenvalue weighted by molar-refractivity contribution is 0.313. The predicted molar refractivity (Wildman–Crippen MR) is 105 cm³/mol. The molecule has 7 nitrogen and oxygen atoms in total. The van der Waals surface area contributed by atoms with Crippen LogP contribution in [0.4, 0.5) is 0 Å². The van der Waals surface area contributed by atoms with Crippen LogP contribution < -0.4 is 4.74 Å². The molecule has 4 aromatic heterocycles. The minimum Gasteiger partial charge on any atom is -0.476 e. The number of hydrogen-bond acceptors (Lipinski definition) is 6. The van der Waals surface area contributed by atoms with Crippen LogP contribution in [0.3, 0.4) is 0 Å². The number of hydrogen-bond donors (Lipinski definition) is 1. The zero-order valence-electron chi connectivity index (χ0n) is 14.6. The van der Waals surface area contributed by atoms with E-state index in [0.717, 1.165) is 22.5 Å². The third-order valence-corrected chi connectivity index (χ3v) is 5.22. The van der Waals surface area contributed by atoms with E-state index in [1.54, 1.807) is 18.0 Å². The van der Waals surface area contributed by atoms with Crippen molar-refractivity contribution in [1.82, 2.24) is 29.5 Å². The van der Waals surface area contributed by atoms with Crippen LogP contribution in [0, 0.1) is 0 Å². The number of H-pyrrole nitrogens is 1. The molecule has 0 aliphatic carbocycles. The van der Waals surface area contributed by atoms with Crippen LogP contribution >= 0.6 is 11.3 Å². The van der Waals surface area contributed by atoms with Crippen LogP contribution in [0.25, 0.3) is 32.8 Å². The van der Waals surface area contributed by atoms with E-state index in [0.29, 0.717) is 23.8 Å². The van der Waals surface area contributed by atoms with E-state index in [-0.39, 0.29) is 0 Å². The van der Waals surface area contributed by atoms with Crippen LogP contribution in [0.5, 0.6) is 5.88 Å². The summed E-state index contributed by atoms with van der Waals surface area (Å²) in [6, 6.07) is 8.26. The quantitative estimate of drug-likeness (QED) is 0.507. The summed E-state index contributed by atoms with van der Waals surface area (Å²) < 4.78 is 7.91. The Morgan fingerprint density at radius 1 is 1.22 bits per heavy atom. The molecule has 0 amide bonds. The van der Waals surface area contributed by atoms with Crippen molar-refractivity contribution in [3.05, 3.63) is 54.1 Å². The number of para-hydroxylation sites is 1. The first-order chi connectivity index (χ1) is 13.3. The van der Waals surface area contributed by atoms with Gasteiger partial charge >= 0.3 is 0 Å². The molecule has 134 valence electrons. The van der Waals surface area contributed by atoms with Gasteiger partial charge in [-0.25, -0.2) is 15.0 Å². The SMILES string of the molecule is Cn1cncc1-c1nc(OCCc2c[nH]c3ccccc23)c2ncsc2n1. The Hall–Kier alpha value is -3.26. The molecule has 0 bridgehead atoms. The number of aromatic amines is 1. The molecule has 5 aromatic rings. The molecule has 0 saturated heterocycles. The van der Waals surface area contributed by atoms with E-state index in [1.807, 2.05) is 29.9 Å². The molecule has 5 rings (SSSR count). The van der Waals surface area contributed by atoms with Gasteiger partial charge in [0.1, 0.15) is 5.69 Å². The molecule has 0 unspecified atom stereocenters. The third kappa shape index (κ3) is 2.83. The first kappa shape index (κ1) is 16.0. The first-order valence-electron chi connectivity index (χ1n) is 8.55. The summed E-state index contributed by atoms with van der Waals surface area (Å²) in [4.78, 5) is 21.8. The summed E-state index contributed by atoms with van der Waals surface area (Å²) in [5.74, 6) is 1.10. The van der Waals surface area contributed by atoms with Crippen molar-refractivity contribution in [2.75, 3.05) is 6.61 Å². The van der Waals surface area contributed by atoms with E-state index in [1.165, 1.54) is 22.3 Å². The average molecular weight is 376 g/mol. The molecule has 1 aromatic carbocycles. The summed E-state index contributed by atoms with van der Waals surface area (Å²) in [7, 11) is 1.92. The van der Waals surface area contributed by atoms with Gasteiger partial charge in [-0.15, -0.1) is 11.3 Å². The maximum Gasteiger partial charge on any atom is 0.245 e. The number of thiazole rings is 1. The number of fused-ring (bicyclic) bond motifs is 2. The van der Waals surface area contributed by atoms with Crippen LogP contribution in [0.15, 0.2) is 48.5 Å². The Balaban J connectivity index is 1.43. The summed E-state index contributed by atoms with van der Waals surface area (Å²) in [6.45, 7) is 0.510. The summed E-state index contributed by atoms with van der Waals surface area (Å²) in [5, 5.41) is 1.22. The Morgan fingerprint density at radius 3 is 3.04 bits per heavy atom. The number of nitrogens with zero attached hydrogens (tertiary/aromatic N) is 5. The number of imidazole rings is 1. The van der Waals surface area contributed by atoms with Gasteiger partial charge in [0.2, 0.25) is 5.88 Å². The van der Waals surface area contributed by atoms with Crippen molar-refractivity contribution >= 4 is 32.6 Å². The maximum atomic E-state index is 6.03. The second kappa shape index (κ2) is 6.48. The van der Waals surface area contributed by atoms with Gasteiger partial charge < -0.3 is 14.3 Å². The number of benzene rings is 1. The lowest BCUT2D eigenvalue weighted by Gasteiger charge is -2.08. The molecule has 0 fully saturated rings. The minimum absolute atomic E-state index is 0.510. The van der Waals surface area contributed by atoms with Gasteiger partial charge in [0, 0.05) is 30.6 Å². The van der Waals surface area contributed by atoms with Crippen molar-refractivity contribution in [2.45, 2.75) is 6.42 Å². The van der Waals surface area contributed by atoms with Gasteiger partial charge in [-0.05, 0) is 11.6 Å². The van der Waals surface area contributed by atoms with E-state index in [9.17, 15) is 0 Å². The smallest absolute Gasteiger partial charge is 0.245 e. The fraction of sp³-hybridized carbons (Fsp3) is 0.158. The Bertz CT molecular complexity index is 1240. The first-order valence-corrected chi connectivity index (χ1v) is 9.43. The molecule has 0 saturated carbocycles. The predicted octanol–water partition coefficient (Wildman–Crippen LogP) is 3.59. The highest BCUT2D eigenvalue weighted by molar-refractivity contribution is 7.16. The lowest BCUT2D eigenvalue weighted by Crippen LogP contribution is -2.05. The standard InChI is InChI=1S/C19H16N6OS/c1-25-10-20-9-15(25)17-23-18(16-19(24-17)27-11-22-16)26-7-6-12-8-21-14-5-3-2-4-13(12)14/h2-5,8-11,21H,6-7H2,1H3. The normalized spacial score (nSPS) is 11.4. The summed E-state index contributed by atoms with van der Waals surface area (Å²) >= 11 is 1.47. The number of ether oxygens (including phenoxy) is 1. The maximum absolute atomic E-state index is 6.03. The van der Waals surface area contributed by atoms with Crippen LogP contribution in [0.1, 0.15) is 5.56 Å². The fourth-order valence-electron chi connectivity index (χ4n) is 3.12. The highest BCUT2D eigenvalue weighted by Crippen LogP contribution is 2.28. The molecule has 4 heterocycles. The molecule has 1 N–H and O–H groups in total. The largest absolute Gasteiger partial charge is 0.476 e. The molecule has 0 radical (unpaired) electrons. The van der Waals surface area contributed by atoms with Crippen LogP contribution in [-0.2, 0) is 13.5 Å². The average Bonchev–Trinajstić information content (AvgIpc) is 3.41. The molecule has 0 atom stereocenters. The number of nitrogens with one attached hydrogen (secondary N) is 1. The van der Waals surface area contributed by atoms with Crippen molar-refractivity contribution in [1.29, 1.82) is 0 Å². The van der Waals surface area contributed by atoms with Crippen molar-refractivity contribution in [2.24, 2.45) is 7.05 Å². The van der Waals surface area contributed by atoms with E-state index < -0.39 is 0 Å². The lowest BCUT2D eigenvalue weighted by atomic mass is 10.1. The second-order valence-electron chi connectivity index (χ2n) is 6.21. The van der Waals surface area contributed by atoms with Gasteiger partial charge in [-0.2, -0.15) is 4.98 Å². The molecule has 8 heteroatoms. The topological polar surface area (TPSA) is 81.5 Å². The van der Waals surface area contributed by atoms with Gasteiger partial charge in [0.25, 0.3) is 0 Å². The van der Waals surface area contributed by atoms with Crippen molar-refractivity contribution in [3.63, 3.8) is 0 Å².